The summed E-state index contributed by atoms with van der Waals surface area (Å²) in [5.74, 6) is -1.03. The van der Waals surface area contributed by atoms with Crippen LogP contribution in [-0.4, -0.2) is 53.8 Å². The molecule has 0 spiro atoms. The number of hydrogen-bond donors (Lipinski definition) is 2. The summed E-state index contributed by atoms with van der Waals surface area (Å²) in [7, 11) is 0. The number of amides is 2. The number of urea groups is 1. The first-order valence-electron chi connectivity index (χ1n) is 5.64. The molecule has 0 fully saturated rings. The minimum Gasteiger partial charge on any atom is -0.480 e. The van der Waals surface area contributed by atoms with Crippen LogP contribution < -0.4 is 5.32 Å². The van der Waals surface area contributed by atoms with Crippen molar-refractivity contribution in [2.45, 2.75) is 33.2 Å². The third kappa shape index (κ3) is 6.78. The second kappa shape index (κ2) is 7.11. The van der Waals surface area contributed by atoms with Gasteiger partial charge in [0.15, 0.2) is 0 Å². The summed E-state index contributed by atoms with van der Waals surface area (Å²) >= 11 is 0. The molecule has 0 radical (unpaired) electrons. The van der Waals surface area contributed by atoms with Gasteiger partial charge in [-0.15, -0.1) is 0 Å². The molecule has 2 N–H and O–H groups in total. The highest BCUT2D eigenvalue weighted by atomic mass is 16.5. The Morgan fingerprint density at radius 2 is 1.94 bits per heavy atom. The van der Waals surface area contributed by atoms with Crippen molar-refractivity contribution in [2.75, 3.05) is 26.3 Å². The van der Waals surface area contributed by atoms with Crippen molar-refractivity contribution in [2.24, 2.45) is 0 Å². The van der Waals surface area contributed by atoms with E-state index in [9.17, 15) is 9.59 Å². The minimum atomic E-state index is -1.03. The molecule has 6 heteroatoms. The Morgan fingerprint density at radius 3 is 2.35 bits per heavy atom. The number of carboxylic acids is 1. The van der Waals surface area contributed by atoms with Crippen molar-refractivity contribution < 1.29 is 19.4 Å². The SMILES string of the molecule is CCOCCNC(=O)N(CC(=O)O)C(C)(C)C. The van der Waals surface area contributed by atoms with Crippen LogP contribution in [0.3, 0.4) is 0 Å². The van der Waals surface area contributed by atoms with Crippen LogP contribution in [0.15, 0.2) is 0 Å². The number of carbonyl (C=O) groups is 2. The van der Waals surface area contributed by atoms with Crippen LogP contribution >= 0.6 is 0 Å². The van der Waals surface area contributed by atoms with E-state index < -0.39 is 11.5 Å². The summed E-state index contributed by atoms with van der Waals surface area (Å²) in [6.07, 6.45) is 0. The summed E-state index contributed by atoms with van der Waals surface area (Å²) in [5, 5.41) is 11.4. The molecular formula is C11H22N2O4. The molecule has 0 unspecified atom stereocenters. The van der Waals surface area contributed by atoms with Gasteiger partial charge in [-0.25, -0.2) is 4.79 Å². The predicted octanol–water partition coefficient (Wildman–Crippen LogP) is 0.918. The van der Waals surface area contributed by atoms with E-state index in [2.05, 4.69) is 5.32 Å². The maximum atomic E-state index is 11.8. The molecule has 0 aliphatic rings. The molecule has 0 saturated carbocycles. The molecule has 100 valence electrons. The van der Waals surface area contributed by atoms with Gasteiger partial charge in [-0.2, -0.15) is 0 Å². The smallest absolute Gasteiger partial charge is 0.323 e. The molecule has 0 atom stereocenters. The zero-order valence-corrected chi connectivity index (χ0v) is 10.9. The van der Waals surface area contributed by atoms with Crippen LogP contribution in [-0.2, 0) is 9.53 Å². The lowest BCUT2D eigenvalue weighted by molar-refractivity contribution is -0.138. The quantitative estimate of drug-likeness (QED) is 0.683. The van der Waals surface area contributed by atoms with Gasteiger partial charge in [0.05, 0.1) is 6.61 Å². The van der Waals surface area contributed by atoms with Gasteiger partial charge in [0, 0.05) is 18.7 Å². The molecule has 0 heterocycles. The first-order chi connectivity index (χ1) is 7.79. The van der Waals surface area contributed by atoms with Crippen LogP contribution in [0.4, 0.5) is 4.79 Å². The van der Waals surface area contributed by atoms with E-state index in [1.54, 1.807) is 20.8 Å². The molecule has 0 aliphatic carbocycles. The zero-order chi connectivity index (χ0) is 13.5. The number of nitrogens with one attached hydrogen (secondary N) is 1. The zero-order valence-electron chi connectivity index (χ0n) is 10.9. The molecule has 0 aromatic heterocycles. The van der Waals surface area contributed by atoms with Gasteiger partial charge in [-0.3, -0.25) is 4.79 Å². The van der Waals surface area contributed by atoms with Crippen molar-refractivity contribution in [3.8, 4) is 0 Å². The van der Waals surface area contributed by atoms with Crippen molar-refractivity contribution >= 4 is 12.0 Å². The van der Waals surface area contributed by atoms with Crippen LogP contribution in [0, 0.1) is 0 Å². The first-order valence-corrected chi connectivity index (χ1v) is 5.64. The lowest BCUT2D eigenvalue weighted by Gasteiger charge is -2.34. The minimum absolute atomic E-state index is 0.316. The molecule has 0 aromatic carbocycles. The van der Waals surface area contributed by atoms with Gasteiger partial charge < -0.3 is 20.1 Å². The third-order valence-electron chi connectivity index (χ3n) is 2.08. The lowest BCUT2D eigenvalue weighted by atomic mass is 10.1. The Bertz CT molecular complexity index is 261. The van der Waals surface area contributed by atoms with E-state index in [0.717, 1.165) is 0 Å². The largest absolute Gasteiger partial charge is 0.480 e. The van der Waals surface area contributed by atoms with Crippen LogP contribution in [0.1, 0.15) is 27.7 Å². The highest BCUT2D eigenvalue weighted by molar-refractivity contribution is 5.80. The van der Waals surface area contributed by atoms with E-state index in [-0.39, 0.29) is 12.6 Å². The van der Waals surface area contributed by atoms with Crippen molar-refractivity contribution in [1.82, 2.24) is 10.2 Å². The van der Waals surface area contributed by atoms with Crippen molar-refractivity contribution in [3.05, 3.63) is 0 Å². The van der Waals surface area contributed by atoms with Crippen LogP contribution in [0.2, 0.25) is 0 Å². The van der Waals surface area contributed by atoms with E-state index >= 15 is 0 Å². The fourth-order valence-electron chi connectivity index (χ4n) is 1.22. The van der Waals surface area contributed by atoms with Gasteiger partial charge in [-0.05, 0) is 27.7 Å². The van der Waals surface area contributed by atoms with Gasteiger partial charge in [-0.1, -0.05) is 0 Å². The Hall–Kier alpha value is -1.30. The number of rotatable bonds is 6. The van der Waals surface area contributed by atoms with Gasteiger partial charge in [0.25, 0.3) is 0 Å². The normalized spacial score (nSPS) is 11.1. The van der Waals surface area contributed by atoms with E-state index in [0.29, 0.717) is 19.8 Å². The standard InChI is InChI=1S/C11H22N2O4/c1-5-17-7-6-12-10(16)13(8-9(14)15)11(2,3)4/h5-8H2,1-4H3,(H,12,16)(H,14,15). The van der Waals surface area contributed by atoms with E-state index in [4.69, 9.17) is 9.84 Å². The number of ether oxygens (including phenoxy) is 1. The van der Waals surface area contributed by atoms with Gasteiger partial charge >= 0.3 is 12.0 Å². The number of carbonyl (C=O) groups excluding carboxylic acids is 1. The average molecular weight is 246 g/mol. The molecule has 0 aromatic rings. The van der Waals surface area contributed by atoms with Crippen molar-refractivity contribution in [1.29, 1.82) is 0 Å². The Balaban J connectivity index is 4.29. The summed E-state index contributed by atoms with van der Waals surface area (Å²) in [5.41, 5.74) is -0.534. The van der Waals surface area contributed by atoms with Crippen molar-refractivity contribution in [3.63, 3.8) is 0 Å². The number of hydrogen-bond acceptors (Lipinski definition) is 3. The monoisotopic (exact) mass is 246 g/mol. The van der Waals surface area contributed by atoms with E-state index in [1.165, 1.54) is 4.90 Å². The first kappa shape index (κ1) is 15.7. The number of aliphatic carboxylic acids is 1. The molecule has 0 aliphatic heterocycles. The lowest BCUT2D eigenvalue weighted by Crippen LogP contribution is -2.52. The third-order valence-corrected chi connectivity index (χ3v) is 2.08. The van der Waals surface area contributed by atoms with Crippen LogP contribution in [0.5, 0.6) is 0 Å². The average Bonchev–Trinajstić information content (AvgIpc) is 2.19. The Kier molecular flexibility index (Phi) is 6.57. The van der Waals surface area contributed by atoms with E-state index in [1.807, 2.05) is 6.92 Å². The topological polar surface area (TPSA) is 78.9 Å². The predicted molar refractivity (Wildman–Crippen MR) is 64.0 cm³/mol. The van der Waals surface area contributed by atoms with Crippen LogP contribution in [0.25, 0.3) is 0 Å². The summed E-state index contributed by atoms with van der Waals surface area (Å²) in [6.45, 7) is 8.31. The highest BCUT2D eigenvalue weighted by Crippen LogP contribution is 2.12. The molecule has 2 amide bonds. The van der Waals surface area contributed by atoms with Gasteiger partial charge in [0.1, 0.15) is 6.54 Å². The number of carboxylic acid groups (broad SMARTS) is 1. The molecular weight excluding hydrogens is 224 g/mol. The molecule has 0 bridgehead atoms. The Labute approximate surface area is 102 Å². The molecule has 17 heavy (non-hydrogen) atoms. The second-order valence-corrected chi connectivity index (χ2v) is 4.58. The highest BCUT2D eigenvalue weighted by Gasteiger charge is 2.27. The summed E-state index contributed by atoms with van der Waals surface area (Å²) in [4.78, 5) is 23.8. The molecule has 0 saturated heterocycles. The second-order valence-electron chi connectivity index (χ2n) is 4.58. The fraction of sp³-hybridized carbons (Fsp3) is 0.818. The summed E-state index contributed by atoms with van der Waals surface area (Å²) in [6, 6.07) is -0.389. The maximum absolute atomic E-state index is 11.8. The number of nitrogens with zero attached hydrogens (tertiary/aromatic N) is 1. The Morgan fingerprint density at radius 1 is 1.35 bits per heavy atom. The van der Waals surface area contributed by atoms with Gasteiger partial charge in [0.2, 0.25) is 0 Å². The molecule has 6 nitrogen and oxygen atoms in total. The fourth-order valence-corrected chi connectivity index (χ4v) is 1.22. The molecule has 0 rings (SSSR count). The maximum Gasteiger partial charge on any atom is 0.323 e. The summed E-state index contributed by atoms with van der Waals surface area (Å²) < 4.78 is 5.08.